The van der Waals surface area contributed by atoms with Gasteiger partial charge in [0.05, 0.1) is 5.56 Å². The molecule has 0 fully saturated rings. The number of carboxylic acids is 1. The molecule has 0 saturated carbocycles. The van der Waals surface area contributed by atoms with Gasteiger partial charge in [-0.1, -0.05) is 0 Å². The highest BCUT2D eigenvalue weighted by Crippen LogP contribution is 2.29. The van der Waals surface area contributed by atoms with Gasteiger partial charge in [-0.05, 0) is 23.9 Å². The molecule has 0 amide bonds. The molecular formula is C9H6N2O2S2. The quantitative estimate of drug-likeness (QED) is 0.889. The number of carboxylic acid groups (broad SMARTS) is 1. The van der Waals surface area contributed by atoms with Gasteiger partial charge >= 0.3 is 5.97 Å². The van der Waals surface area contributed by atoms with Crippen molar-refractivity contribution in [3.05, 3.63) is 35.5 Å². The third kappa shape index (κ3) is 2.34. The van der Waals surface area contributed by atoms with Crippen molar-refractivity contribution < 1.29 is 9.90 Å². The van der Waals surface area contributed by atoms with E-state index in [1.165, 1.54) is 29.2 Å². The van der Waals surface area contributed by atoms with Gasteiger partial charge < -0.3 is 5.11 Å². The Kier molecular flexibility index (Phi) is 2.98. The molecule has 0 unspecified atom stereocenters. The van der Waals surface area contributed by atoms with Crippen molar-refractivity contribution >= 4 is 29.1 Å². The Morgan fingerprint density at radius 1 is 1.40 bits per heavy atom. The van der Waals surface area contributed by atoms with Gasteiger partial charge in [0.25, 0.3) is 0 Å². The van der Waals surface area contributed by atoms with Crippen molar-refractivity contribution in [1.82, 2.24) is 9.97 Å². The molecule has 0 saturated heterocycles. The molecular weight excluding hydrogens is 232 g/mol. The number of rotatable bonds is 3. The molecule has 2 heterocycles. The molecule has 0 aliphatic rings. The van der Waals surface area contributed by atoms with Crippen LogP contribution in [0.4, 0.5) is 0 Å². The lowest BCUT2D eigenvalue weighted by atomic mass is 10.3. The normalized spacial score (nSPS) is 10.1. The summed E-state index contributed by atoms with van der Waals surface area (Å²) in [5, 5.41) is 11.2. The van der Waals surface area contributed by atoms with Crippen molar-refractivity contribution in [3.8, 4) is 0 Å². The largest absolute Gasteiger partial charge is 0.478 e. The summed E-state index contributed by atoms with van der Waals surface area (Å²) in [7, 11) is 0. The number of aromatic carboxylic acids is 1. The first-order valence-corrected chi connectivity index (χ1v) is 5.72. The third-order valence-corrected chi connectivity index (χ3v) is 3.50. The number of aromatic nitrogens is 2. The van der Waals surface area contributed by atoms with E-state index in [1.807, 2.05) is 5.38 Å². The van der Waals surface area contributed by atoms with Crippen LogP contribution in [-0.4, -0.2) is 21.0 Å². The summed E-state index contributed by atoms with van der Waals surface area (Å²) in [6.07, 6.45) is 3.25. The first-order chi connectivity index (χ1) is 7.27. The summed E-state index contributed by atoms with van der Waals surface area (Å²) < 4.78 is 0.788. The molecule has 0 radical (unpaired) electrons. The molecule has 0 atom stereocenters. The maximum absolute atomic E-state index is 10.9. The summed E-state index contributed by atoms with van der Waals surface area (Å²) in [5.74, 6) is -0.970. The first-order valence-electron chi connectivity index (χ1n) is 4.03. The van der Waals surface area contributed by atoms with Crippen LogP contribution in [0.5, 0.6) is 0 Å². The highest BCUT2D eigenvalue weighted by atomic mass is 32.2. The molecule has 6 heteroatoms. The molecule has 2 rings (SSSR count). The Bertz CT molecular complexity index is 471. The van der Waals surface area contributed by atoms with Crippen LogP contribution in [0.1, 0.15) is 10.4 Å². The van der Waals surface area contributed by atoms with Crippen LogP contribution in [0.15, 0.2) is 39.3 Å². The first kappa shape index (κ1) is 10.1. The maximum atomic E-state index is 10.9. The van der Waals surface area contributed by atoms with Crippen molar-refractivity contribution in [1.29, 1.82) is 0 Å². The van der Waals surface area contributed by atoms with Crippen LogP contribution in [-0.2, 0) is 0 Å². The van der Waals surface area contributed by atoms with Gasteiger partial charge in [-0.2, -0.15) is 0 Å². The Morgan fingerprint density at radius 2 is 2.27 bits per heavy atom. The van der Waals surface area contributed by atoms with E-state index in [0.717, 1.165) is 4.34 Å². The zero-order chi connectivity index (χ0) is 10.7. The summed E-state index contributed by atoms with van der Waals surface area (Å²) in [6, 6.07) is 3.14. The van der Waals surface area contributed by atoms with E-state index in [4.69, 9.17) is 5.11 Å². The topological polar surface area (TPSA) is 63.1 Å². The van der Waals surface area contributed by atoms with Gasteiger partial charge in [-0.25, -0.2) is 14.8 Å². The molecule has 2 aromatic rings. The van der Waals surface area contributed by atoms with Gasteiger partial charge in [0.15, 0.2) is 4.34 Å². The Labute approximate surface area is 94.0 Å². The van der Waals surface area contributed by atoms with E-state index in [-0.39, 0.29) is 5.56 Å². The number of nitrogens with zero attached hydrogens (tertiary/aromatic N) is 2. The van der Waals surface area contributed by atoms with Crippen molar-refractivity contribution in [2.24, 2.45) is 0 Å². The predicted molar refractivity (Wildman–Crippen MR) is 57.4 cm³/mol. The molecule has 0 aliphatic carbocycles. The molecule has 76 valence electrons. The van der Waals surface area contributed by atoms with Crippen LogP contribution in [0.2, 0.25) is 0 Å². The smallest absolute Gasteiger partial charge is 0.338 e. The summed E-state index contributed by atoms with van der Waals surface area (Å²) in [4.78, 5) is 19.0. The molecule has 0 spiro atoms. The van der Waals surface area contributed by atoms with Crippen LogP contribution >= 0.6 is 23.1 Å². The number of carbonyl (C=O) groups is 1. The SMILES string of the molecule is O=C(O)c1cccnc1Sc1nccs1. The minimum atomic E-state index is -0.970. The van der Waals surface area contributed by atoms with Crippen LogP contribution in [0.25, 0.3) is 0 Å². The van der Waals surface area contributed by atoms with Crippen LogP contribution in [0.3, 0.4) is 0 Å². The monoisotopic (exact) mass is 238 g/mol. The van der Waals surface area contributed by atoms with Crippen molar-refractivity contribution in [2.75, 3.05) is 0 Å². The highest BCUT2D eigenvalue weighted by molar-refractivity contribution is 8.01. The lowest BCUT2D eigenvalue weighted by Gasteiger charge is -2.00. The van der Waals surface area contributed by atoms with E-state index < -0.39 is 5.97 Å². The number of hydrogen-bond acceptors (Lipinski definition) is 5. The standard InChI is InChI=1S/C9H6N2O2S2/c12-8(13)6-2-1-3-10-7(6)15-9-11-4-5-14-9/h1-5H,(H,12,13). The fourth-order valence-electron chi connectivity index (χ4n) is 0.978. The lowest BCUT2D eigenvalue weighted by Crippen LogP contribution is -1.99. The van der Waals surface area contributed by atoms with Gasteiger partial charge in [0, 0.05) is 17.8 Å². The second-order valence-electron chi connectivity index (χ2n) is 2.56. The second kappa shape index (κ2) is 4.41. The molecule has 0 aromatic carbocycles. The molecule has 0 aliphatic heterocycles. The van der Waals surface area contributed by atoms with E-state index in [1.54, 1.807) is 18.5 Å². The third-order valence-electron chi connectivity index (χ3n) is 1.60. The number of thiazole rings is 1. The fraction of sp³-hybridized carbons (Fsp3) is 0. The van der Waals surface area contributed by atoms with Crippen molar-refractivity contribution in [3.63, 3.8) is 0 Å². The molecule has 4 nitrogen and oxygen atoms in total. The van der Waals surface area contributed by atoms with Gasteiger partial charge in [0.1, 0.15) is 5.03 Å². The van der Waals surface area contributed by atoms with E-state index in [2.05, 4.69) is 9.97 Å². The van der Waals surface area contributed by atoms with Crippen molar-refractivity contribution in [2.45, 2.75) is 9.37 Å². The number of pyridine rings is 1. The Hall–Kier alpha value is -1.40. The summed E-state index contributed by atoms with van der Waals surface area (Å²) >= 11 is 2.72. The summed E-state index contributed by atoms with van der Waals surface area (Å²) in [5.41, 5.74) is 0.206. The average molecular weight is 238 g/mol. The maximum Gasteiger partial charge on any atom is 0.338 e. The minimum absolute atomic E-state index is 0.206. The number of hydrogen-bond donors (Lipinski definition) is 1. The van der Waals surface area contributed by atoms with Gasteiger partial charge in [-0.3, -0.25) is 0 Å². The van der Waals surface area contributed by atoms with Crippen LogP contribution < -0.4 is 0 Å². The van der Waals surface area contributed by atoms with Crippen LogP contribution in [0, 0.1) is 0 Å². The highest BCUT2D eigenvalue weighted by Gasteiger charge is 2.12. The zero-order valence-electron chi connectivity index (χ0n) is 7.45. The Balaban J connectivity index is 2.32. The van der Waals surface area contributed by atoms with Gasteiger partial charge in [0.2, 0.25) is 0 Å². The molecule has 1 N–H and O–H groups in total. The predicted octanol–water partition coefficient (Wildman–Crippen LogP) is 2.39. The van der Waals surface area contributed by atoms with E-state index in [0.29, 0.717) is 5.03 Å². The van der Waals surface area contributed by atoms with E-state index >= 15 is 0 Å². The molecule has 15 heavy (non-hydrogen) atoms. The summed E-state index contributed by atoms with van der Waals surface area (Å²) in [6.45, 7) is 0. The fourth-order valence-corrected chi connectivity index (χ4v) is 2.59. The average Bonchev–Trinajstić information content (AvgIpc) is 2.71. The zero-order valence-corrected chi connectivity index (χ0v) is 9.09. The van der Waals surface area contributed by atoms with Gasteiger partial charge in [-0.15, -0.1) is 11.3 Å². The molecule has 2 aromatic heterocycles. The second-order valence-corrected chi connectivity index (χ2v) is 4.69. The Morgan fingerprint density at radius 3 is 2.93 bits per heavy atom. The minimum Gasteiger partial charge on any atom is -0.478 e. The molecule has 0 bridgehead atoms. The van der Waals surface area contributed by atoms with E-state index in [9.17, 15) is 4.79 Å². The lowest BCUT2D eigenvalue weighted by molar-refractivity contribution is 0.0692.